The third-order valence-corrected chi connectivity index (χ3v) is 6.33. The van der Waals surface area contributed by atoms with Crippen LogP contribution >= 0.6 is 0 Å². The van der Waals surface area contributed by atoms with Crippen molar-refractivity contribution >= 4 is 9.84 Å². The van der Waals surface area contributed by atoms with Crippen molar-refractivity contribution in [2.24, 2.45) is 5.92 Å². The molecule has 0 aromatic rings. The topological polar surface area (TPSA) is 49.4 Å². The van der Waals surface area contributed by atoms with E-state index in [1.165, 1.54) is 25.7 Å². The van der Waals surface area contributed by atoms with Crippen LogP contribution in [0.1, 0.15) is 39.0 Å². The number of nitrogens with zero attached hydrogens (tertiary/aromatic N) is 1. The van der Waals surface area contributed by atoms with Gasteiger partial charge < -0.3 is 5.32 Å². The molecular weight excluding hydrogens is 260 g/mol. The third kappa shape index (κ3) is 4.43. The Morgan fingerprint density at radius 3 is 2.74 bits per heavy atom. The molecule has 19 heavy (non-hydrogen) atoms. The van der Waals surface area contributed by atoms with E-state index >= 15 is 0 Å². The highest BCUT2D eigenvalue weighted by Crippen LogP contribution is 2.27. The van der Waals surface area contributed by atoms with Crippen molar-refractivity contribution in [1.82, 2.24) is 10.2 Å². The highest BCUT2D eigenvalue weighted by atomic mass is 32.2. The second-order valence-corrected chi connectivity index (χ2v) is 8.31. The van der Waals surface area contributed by atoms with Crippen molar-refractivity contribution in [1.29, 1.82) is 0 Å². The minimum absolute atomic E-state index is 0.344. The number of piperidine rings is 1. The van der Waals surface area contributed by atoms with Crippen LogP contribution in [0.4, 0.5) is 0 Å². The van der Waals surface area contributed by atoms with Crippen LogP contribution in [0, 0.1) is 5.92 Å². The predicted octanol–water partition coefficient (Wildman–Crippen LogP) is 1.28. The zero-order valence-corrected chi connectivity index (χ0v) is 12.9. The average molecular weight is 288 g/mol. The normalized spacial score (nSPS) is 29.7. The van der Waals surface area contributed by atoms with Gasteiger partial charge in [-0.05, 0) is 57.7 Å². The number of hydrogen-bond donors (Lipinski definition) is 1. The molecule has 2 rings (SSSR count). The molecule has 0 aromatic carbocycles. The van der Waals surface area contributed by atoms with Crippen LogP contribution in [-0.2, 0) is 9.84 Å². The molecule has 2 atom stereocenters. The molecule has 2 unspecified atom stereocenters. The van der Waals surface area contributed by atoms with E-state index in [1.54, 1.807) is 0 Å². The van der Waals surface area contributed by atoms with Gasteiger partial charge in [0.1, 0.15) is 0 Å². The van der Waals surface area contributed by atoms with Crippen LogP contribution in [0.25, 0.3) is 0 Å². The second-order valence-electron chi connectivity index (χ2n) is 6.00. The molecule has 1 N–H and O–H groups in total. The largest absolute Gasteiger partial charge is 0.316 e. The fourth-order valence-corrected chi connectivity index (χ4v) is 4.88. The third-order valence-electron chi connectivity index (χ3n) is 4.50. The van der Waals surface area contributed by atoms with E-state index in [2.05, 4.69) is 10.2 Å². The number of rotatable bonds is 6. The van der Waals surface area contributed by atoms with Crippen molar-refractivity contribution in [3.8, 4) is 0 Å². The molecule has 0 saturated carbocycles. The molecule has 2 fully saturated rings. The predicted molar refractivity (Wildman–Crippen MR) is 79.1 cm³/mol. The summed E-state index contributed by atoms with van der Waals surface area (Å²) < 4.78 is 23.7. The summed E-state index contributed by atoms with van der Waals surface area (Å²) in [6, 6.07) is 0.615. The molecule has 0 bridgehead atoms. The Labute approximate surface area is 117 Å². The number of likely N-dealkylation sites (tertiary alicyclic amines) is 1. The summed E-state index contributed by atoms with van der Waals surface area (Å²) in [5.41, 5.74) is 0. The van der Waals surface area contributed by atoms with Crippen molar-refractivity contribution in [2.45, 2.75) is 45.1 Å². The van der Waals surface area contributed by atoms with Gasteiger partial charge in [-0.25, -0.2) is 8.42 Å². The van der Waals surface area contributed by atoms with Crippen LogP contribution in [0.15, 0.2) is 0 Å². The van der Waals surface area contributed by atoms with E-state index in [4.69, 9.17) is 0 Å². The van der Waals surface area contributed by atoms with Gasteiger partial charge in [0.25, 0.3) is 0 Å². The monoisotopic (exact) mass is 288 g/mol. The Balaban J connectivity index is 1.85. The first-order valence-corrected chi connectivity index (χ1v) is 9.59. The number of hydrogen-bond acceptors (Lipinski definition) is 4. The number of sulfone groups is 1. The van der Waals surface area contributed by atoms with Crippen LogP contribution in [-0.4, -0.2) is 57.0 Å². The lowest BCUT2D eigenvalue weighted by Gasteiger charge is -2.34. The number of nitrogens with one attached hydrogen (secondary N) is 1. The zero-order chi connectivity index (χ0) is 13.7. The summed E-state index contributed by atoms with van der Waals surface area (Å²) in [7, 11) is -2.83. The first-order chi connectivity index (χ1) is 9.12. The standard InChI is InChI=1S/C14H28N2O2S/c1-2-10-19(17,18)11-9-16-8-4-6-14(16)13-5-3-7-15-12-13/h13-15H,2-12H2,1H3. The molecule has 2 heterocycles. The van der Waals surface area contributed by atoms with Gasteiger partial charge in [-0.3, -0.25) is 4.90 Å². The first kappa shape index (κ1) is 15.3. The Kier molecular flexibility index (Phi) is 5.66. The lowest BCUT2D eigenvalue weighted by molar-refractivity contribution is 0.173. The van der Waals surface area contributed by atoms with E-state index in [0.29, 0.717) is 17.5 Å². The van der Waals surface area contributed by atoms with Gasteiger partial charge in [0, 0.05) is 18.3 Å². The van der Waals surface area contributed by atoms with E-state index in [1.807, 2.05) is 6.92 Å². The summed E-state index contributed by atoms with van der Waals surface area (Å²) in [4.78, 5) is 2.44. The van der Waals surface area contributed by atoms with E-state index in [-0.39, 0.29) is 0 Å². The first-order valence-electron chi connectivity index (χ1n) is 7.77. The summed E-state index contributed by atoms with van der Waals surface area (Å²) in [5.74, 6) is 1.42. The van der Waals surface area contributed by atoms with Crippen LogP contribution in [0.3, 0.4) is 0 Å². The van der Waals surface area contributed by atoms with Gasteiger partial charge in [0.15, 0.2) is 9.84 Å². The molecule has 0 amide bonds. The lowest BCUT2D eigenvalue weighted by atomic mass is 9.90. The summed E-state index contributed by atoms with van der Waals surface area (Å²) in [5, 5.41) is 3.48. The van der Waals surface area contributed by atoms with Gasteiger partial charge in [-0.2, -0.15) is 0 Å². The molecular formula is C14H28N2O2S. The van der Waals surface area contributed by atoms with Crippen LogP contribution < -0.4 is 5.32 Å². The quantitative estimate of drug-likeness (QED) is 0.800. The fraction of sp³-hybridized carbons (Fsp3) is 1.00. The smallest absolute Gasteiger partial charge is 0.151 e. The molecule has 0 spiro atoms. The molecule has 2 saturated heterocycles. The summed E-state index contributed by atoms with van der Waals surface area (Å²) in [6.07, 6.45) is 5.78. The SMILES string of the molecule is CCCS(=O)(=O)CCN1CCCC1C1CCCNC1. The minimum atomic E-state index is -2.83. The van der Waals surface area contributed by atoms with E-state index in [0.717, 1.165) is 38.5 Å². The molecule has 112 valence electrons. The lowest BCUT2D eigenvalue weighted by Crippen LogP contribution is -2.44. The zero-order valence-electron chi connectivity index (χ0n) is 12.1. The van der Waals surface area contributed by atoms with Gasteiger partial charge in [-0.1, -0.05) is 6.92 Å². The van der Waals surface area contributed by atoms with Gasteiger partial charge in [0.05, 0.1) is 5.75 Å². The Bertz CT molecular complexity index is 364. The van der Waals surface area contributed by atoms with Crippen molar-refractivity contribution in [3.63, 3.8) is 0 Å². The summed E-state index contributed by atoms with van der Waals surface area (Å²) >= 11 is 0. The van der Waals surface area contributed by atoms with E-state index < -0.39 is 9.84 Å². The maximum Gasteiger partial charge on any atom is 0.151 e. The van der Waals surface area contributed by atoms with Gasteiger partial charge in [0.2, 0.25) is 0 Å². The Hall–Kier alpha value is -0.130. The van der Waals surface area contributed by atoms with Crippen molar-refractivity contribution < 1.29 is 8.42 Å². The van der Waals surface area contributed by atoms with Gasteiger partial charge in [-0.15, -0.1) is 0 Å². The molecule has 0 aliphatic carbocycles. The van der Waals surface area contributed by atoms with Crippen molar-refractivity contribution in [3.05, 3.63) is 0 Å². The Morgan fingerprint density at radius 2 is 2.05 bits per heavy atom. The highest BCUT2D eigenvalue weighted by Gasteiger charge is 2.32. The molecule has 2 aliphatic heterocycles. The molecule has 0 aromatic heterocycles. The maximum atomic E-state index is 11.8. The average Bonchev–Trinajstić information content (AvgIpc) is 2.86. The van der Waals surface area contributed by atoms with Crippen molar-refractivity contribution in [2.75, 3.05) is 37.7 Å². The summed E-state index contributed by atoms with van der Waals surface area (Å²) in [6.45, 7) is 6.02. The fourth-order valence-electron chi connectivity index (χ4n) is 3.54. The molecule has 2 aliphatic rings. The molecule has 4 nitrogen and oxygen atoms in total. The second kappa shape index (κ2) is 7.04. The minimum Gasteiger partial charge on any atom is -0.316 e. The van der Waals surface area contributed by atoms with Gasteiger partial charge >= 0.3 is 0 Å². The van der Waals surface area contributed by atoms with E-state index in [9.17, 15) is 8.42 Å². The molecule has 5 heteroatoms. The van der Waals surface area contributed by atoms with Crippen LogP contribution in [0.5, 0.6) is 0 Å². The Morgan fingerprint density at radius 1 is 1.21 bits per heavy atom. The highest BCUT2D eigenvalue weighted by molar-refractivity contribution is 7.91. The molecule has 0 radical (unpaired) electrons. The maximum absolute atomic E-state index is 11.8. The van der Waals surface area contributed by atoms with Crippen LogP contribution in [0.2, 0.25) is 0 Å².